The minimum absolute atomic E-state index is 0.144. The van der Waals surface area contributed by atoms with Crippen LogP contribution in [0.4, 0.5) is 8.78 Å². The van der Waals surface area contributed by atoms with Gasteiger partial charge in [-0.2, -0.15) is 0 Å². The van der Waals surface area contributed by atoms with E-state index in [9.17, 15) is 8.78 Å². The Balaban J connectivity index is 2.15. The summed E-state index contributed by atoms with van der Waals surface area (Å²) >= 11 is 0. The molecule has 20 heavy (non-hydrogen) atoms. The van der Waals surface area contributed by atoms with Gasteiger partial charge < -0.3 is 5.32 Å². The molecule has 2 aromatic rings. The summed E-state index contributed by atoms with van der Waals surface area (Å²) in [4.78, 5) is 0. The highest BCUT2D eigenvalue weighted by Gasteiger charge is 2.18. The third kappa shape index (κ3) is 3.64. The van der Waals surface area contributed by atoms with Crippen LogP contribution in [0.25, 0.3) is 0 Å². The number of hydrogen-bond donors (Lipinski definition) is 1. The largest absolute Gasteiger partial charge is 0.310 e. The van der Waals surface area contributed by atoms with Crippen molar-refractivity contribution in [3.63, 3.8) is 0 Å². The summed E-state index contributed by atoms with van der Waals surface area (Å²) in [5.74, 6) is -0.965. The molecule has 1 atom stereocenters. The van der Waals surface area contributed by atoms with Crippen LogP contribution in [0.5, 0.6) is 0 Å². The van der Waals surface area contributed by atoms with Crippen LogP contribution in [0, 0.1) is 11.6 Å². The van der Waals surface area contributed by atoms with Crippen LogP contribution in [0.1, 0.15) is 30.5 Å². The Morgan fingerprint density at radius 1 is 0.950 bits per heavy atom. The quantitative estimate of drug-likeness (QED) is 0.831. The van der Waals surface area contributed by atoms with Gasteiger partial charge in [0.25, 0.3) is 0 Å². The predicted molar refractivity (Wildman–Crippen MR) is 77.5 cm³/mol. The van der Waals surface area contributed by atoms with E-state index >= 15 is 0 Å². The first kappa shape index (κ1) is 14.7. The van der Waals surface area contributed by atoms with E-state index in [2.05, 4.69) is 5.32 Å². The van der Waals surface area contributed by atoms with Crippen molar-refractivity contribution in [2.45, 2.75) is 25.8 Å². The van der Waals surface area contributed by atoms with E-state index in [1.807, 2.05) is 37.3 Å². The van der Waals surface area contributed by atoms with Gasteiger partial charge in [-0.25, -0.2) is 8.78 Å². The molecular formula is C17H19F2N. The van der Waals surface area contributed by atoms with Gasteiger partial charge in [0.1, 0.15) is 11.6 Å². The van der Waals surface area contributed by atoms with Gasteiger partial charge in [-0.1, -0.05) is 43.3 Å². The lowest BCUT2D eigenvalue weighted by Gasteiger charge is -2.19. The van der Waals surface area contributed by atoms with Crippen LogP contribution in [-0.2, 0) is 6.42 Å². The van der Waals surface area contributed by atoms with Gasteiger partial charge >= 0.3 is 0 Å². The van der Waals surface area contributed by atoms with Crippen molar-refractivity contribution in [2.75, 3.05) is 6.54 Å². The Morgan fingerprint density at radius 3 is 2.20 bits per heavy atom. The molecule has 0 bridgehead atoms. The van der Waals surface area contributed by atoms with Crippen LogP contribution in [0.2, 0.25) is 0 Å². The normalized spacial score (nSPS) is 12.3. The zero-order chi connectivity index (χ0) is 14.4. The molecule has 1 N–H and O–H groups in total. The maximum atomic E-state index is 13.9. The molecule has 1 unspecified atom stereocenters. The molecular weight excluding hydrogens is 256 g/mol. The van der Waals surface area contributed by atoms with E-state index in [0.717, 1.165) is 6.42 Å². The third-order valence-electron chi connectivity index (χ3n) is 3.36. The van der Waals surface area contributed by atoms with E-state index in [-0.39, 0.29) is 11.6 Å². The Bertz CT molecular complexity index is 520. The van der Waals surface area contributed by atoms with Crippen molar-refractivity contribution in [3.05, 3.63) is 71.3 Å². The maximum Gasteiger partial charge on any atom is 0.130 e. The number of hydrogen-bond acceptors (Lipinski definition) is 1. The van der Waals surface area contributed by atoms with Crippen LogP contribution in [0.15, 0.2) is 48.5 Å². The van der Waals surface area contributed by atoms with Crippen molar-refractivity contribution in [3.8, 4) is 0 Å². The number of halogens is 2. The zero-order valence-electron chi connectivity index (χ0n) is 11.6. The van der Waals surface area contributed by atoms with Crippen molar-refractivity contribution in [1.29, 1.82) is 0 Å². The first-order valence-corrected chi connectivity index (χ1v) is 6.93. The summed E-state index contributed by atoms with van der Waals surface area (Å²) in [5, 5.41) is 3.17. The molecule has 0 heterocycles. The fraction of sp³-hybridized carbons (Fsp3) is 0.294. The first-order valence-electron chi connectivity index (χ1n) is 6.93. The average Bonchev–Trinajstić information content (AvgIpc) is 2.45. The van der Waals surface area contributed by atoms with E-state index in [1.165, 1.54) is 23.8 Å². The van der Waals surface area contributed by atoms with E-state index in [0.29, 0.717) is 13.0 Å². The topological polar surface area (TPSA) is 12.0 Å². The molecule has 0 amide bonds. The maximum absolute atomic E-state index is 13.9. The van der Waals surface area contributed by atoms with Gasteiger partial charge in [-0.05, 0) is 37.1 Å². The molecule has 0 aliphatic heterocycles. The minimum atomic E-state index is -0.482. The SMILES string of the molecule is CCNC(CCc1ccccc1)c1c(F)cccc1F. The summed E-state index contributed by atoms with van der Waals surface area (Å²) < 4.78 is 27.7. The van der Waals surface area contributed by atoms with Crippen molar-refractivity contribution < 1.29 is 8.78 Å². The fourth-order valence-electron chi connectivity index (χ4n) is 2.39. The standard InChI is InChI=1S/C17H19F2N/c1-2-20-16(12-11-13-7-4-3-5-8-13)17-14(18)9-6-10-15(17)19/h3-10,16,20H,2,11-12H2,1H3. The first-order chi connectivity index (χ1) is 9.72. The van der Waals surface area contributed by atoms with Gasteiger partial charge in [0.05, 0.1) is 0 Å². The second-order valence-corrected chi connectivity index (χ2v) is 4.77. The highest BCUT2D eigenvalue weighted by Crippen LogP contribution is 2.24. The summed E-state index contributed by atoms with van der Waals surface area (Å²) in [6.07, 6.45) is 1.45. The zero-order valence-corrected chi connectivity index (χ0v) is 11.6. The lowest BCUT2D eigenvalue weighted by Crippen LogP contribution is -2.23. The molecule has 0 fully saturated rings. The molecule has 3 heteroatoms. The highest BCUT2D eigenvalue weighted by molar-refractivity contribution is 5.24. The Hall–Kier alpha value is -1.74. The summed E-state index contributed by atoms with van der Waals surface area (Å²) in [6, 6.07) is 13.7. The van der Waals surface area contributed by atoms with E-state index in [4.69, 9.17) is 0 Å². The van der Waals surface area contributed by atoms with Crippen molar-refractivity contribution >= 4 is 0 Å². The lowest BCUT2D eigenvalue weighted by molar-refractivity contribution is 0.454. The molecule has 0 aromatic heterocycles. The van der Waals surface area contributed by atoms with Gasteiger partial charge in [-0.15, -0.1) is 0 Å². The van der Waals surface area contributed by atoms with Gasteiger partial charge in [0.15, 0.2) is 0 Å². The van der Waals surface area contributed by atoms with Crippen molar-refractivity contribution in [2.24, 2.45) is 0 Å². The lowest BCUT2D eigenvalue weighted by atomic mass is 9.98. The fourth-order valence-corrected chi connectivity index (χ4v) is 2.39. The Morgan fingerprint density at radius 2 is 1.60 bits per heavy atom. The van der Waals surface area contributed by atoms with Crippen LogP contribution in [0.3, 0.4) is 0 Å². The van der Waals surface area contributed by atoms with E-state index < -0.39 is 11.6 Å². The average molecular weight is 275 g/mol. The molecule has 2 rings (SSSR count). The number of rotatable bonds is 6. The van der Waals surface area contributed by atoms with Gasteiger partial charge in [-0.3, -0.25) is 0 Å². The molecule has 0 saturated heterocycles. The molecule has 0 aliphatic carbocycles. The van der Waals surface area contributed by atoms with Crippen LogP contribution in [-0.4, -0.2) is 6.54 Å². The molecule has 0 saturated carbocycles. The second-order valence-electron chi connectivity index (χ2n) is 4.77. The molecule has 0 radical (unpaired) electrons. The minimum Gasteiger partial charge on any atom is -0.310 e. The number of aryl methyl sites for hydroxylation is 1. The van der Waals surface area contributed by atoms with Crippen molar-refractivity contribution in [1.82, 2.24) is 5.32 Å². The monoisotopic (exact) mass is 275 g/mol. The van der Waals surface area contributed by atoms with Gasteiger partial charge in [0, 0.05) is 11.6 Å². The Kier molecular flexibility index (Phi) is 5.24. The molecule has 0 aliphatic rings. The molecule has 1 nitrogen and oxygen atoms in total. The second kappa shape index (κ2) is 7.15. The number of nitrogens with one attached hydrogen (secondary N) is 1. The van der Waals surface area contributed by atoms with Crippen LogP contribution >= 0.6 is 0 Å². The summed E-state index contributed by atoms with van der Waals surface area (Å²) in [7, 11) is 0. The summed E-state index contributed by atoms with van der Waals surface area (Å²) in [6.45, 7) is 2.61. The molecule has 106 valence electrons. The molecule has 0 spiro atoms. The number of benzene rings is 2. The smallest absolute Gasteiger partial charge is 0.130 e. The van der Waals surface area contributed by atoms with E-state index in [1.54, 1.807) is 0 Å². The van der Waals surface area contributed by atoms with Crippen LogP contribution < -0.4 is 5.32 Å². The third-order valence-corrected chi connectivity index (χ3v) is 3.36. The predicted octanol–water partition coefficient (Wildman–Crippen LogP) is 4.25. The Labute approximate surface area is 118 Å². The van der Waals surface area contributed by atoms with Gasteiger partial charge in [0.2, 0.25) is 0 Å². The molecule has 2 aromatic carbocycles. The highest BCUT2D eigenvalue weighted by atomic mass is 19.1. The summed E-state index contributed by atoms with van der Waals surface area (Å²) in [5.41, 5.74) is 1.32.